The third-order valence-electron chi connectivity index (χ3n) is 6.95. The van der Waals surface area contributed by atoms with Gasteiger partial charge in [-0.3, -0.25) is 4.79 Å². The highest BCUT2D eigenvalue weighted by Crippen LogP contribution is 2.47. The van der Waals surface area contributed by atoms with Crippen molar-refractivity contribution < 1.29 is 18.7 Å². The molecule has 3 aliphatic rings. The zero-order chi connectivity index (χ0) is 22.4. The Morgan fingerprint density at radius 2 is 1.94 bits per heavy atom. The highest BCUT2D eigenvalue weighted by Gasteiger charge is 2.58. The van der Waals surface area contributed by atoms with Gasteiger partial charge in [-0.2, -0.15) is 4.98 Å². The minimum Gasteiger partial charge on any atom is -0.480 e. The number of hydrogen-bond donors (Lipinski definition) is 0. The van der Waals surface area contributed by atoms with Gasteiger partial charge >= 0.3 is 0 Å². The fraction of sp³-hybridized carbons (Fsp3) is 0.417. The van der Waals surface area contributed by atoms with E-state index >= 15 is 0 Å². The van der Waals surface area contributed by atoms with Gasteiger partial charge in [0.15, 0.2) is 5.60 Å². The number of aromatic nitrogens is 3. The molecular weight excluding hydrogens is 422 g/mol. The van der Waals surface area contributed by atoms with Gasteiger partial charge in [-0.05, 0) is 18.4 Å². The summed E-state index contributed by atoms with van der Waals surface area (Å²) < 4.78 is 17.2. The number of rotatable bonds is 4. The lowest BCUT2D eigenvalue weighted by atomic mass is 9.89. The molecule has 0 saturated carbocycles. The highest BCUT2D eigenvalue weighted by atomic mass is 16.6. The Bertz CT molecular complexity index is 1140. The first-order valence-electron chi connectivity index (χ1n) is 11.3. The normalized spacial score (nSPS) is 23.8. The number of ether oxygens (including phenoxy) is 2. The number of nitrogens with zero attached hydrogens (tertiary/aromatic N) is 5. The van der Waals surface area contributed by atoms with Crippen LogP contribution in [0.4, 0.5) is 5.95 Å². The van der Waals surface area contributed by atoms with E-state index in [1.807, 2.05) is 23.1 Å². The average molecular weight is 447 g/mol. The summed E-state index contributed by atoms with van der Waals surface area (Å²) in [5.74, 6) is 1.50. The van der Waals surface area contributed by atoms with Crippen molar-refractivity contribution in [3.63, 3.8) is 0 Å². The zero-order valence-corrected chi connectivity index (χ0v) is 18.4. The Morgan fingerprint density at radius 3 is 2.67 bits per heavy atom. The summed E-state index contributed by atoms with van der Waals surface area (Å²) in [5.41, 5.74) is 1.02. The molecule has 0 unspecified atom stereocenters. The van der Waals surface area contributed by atoms with E-state index in [1.54, 1.807) is 19.5 Å². The second-order valence-electron chi connectivity index (χ2n) is 8.70. The lowest BCUT2D eigenvalue weighted by Crippen LogP contribution is -2.50. The summed E-state index contributed by atoms with van der Waals surface area (Å²) in [6.45, 7) is 1.26. The summed E-state index contributed by atoms with van der Waals surface area (Å²) in [6, 6.07) is 10.3. The van der Waals surface area contributed by atoms with Crippen LogP contribution in [0.15, 0.2) is 53.4 Å². The van der Waals surface area contributed by atoms with Gasteiger partial charge in [-0.25, -0.2) is 9.97 Å². The Kier molecular flexibility index (Phi) is 4.79. The van der Waals surface area contributed by atoms with E-state index in [2.05, 4.69) is 32.0 Å². The van der Waals surface area contributed by atoms with Crippen LogP contribution in [0.25, 0.3) is 11.5 Å². The van der Waals surface area contributed by atoms with Crippen molar-refractivity contribution >= 4 is 11.9 Å². The molecule has 6 rings (SSSR count). The van der Waals surface area contributed by atoms with E-state index in [0.29, 0.717) is 49.2 Å². The van der Waals surface area contributed by atoms with Crippen LogP contribution in [0.3, 0.4) is 0 Å². The van der Waals surface area contributed by atoms with Crippen LogP contribution in [0.1, 0.15) is 37.3 Å². The molecule has 0 bridgehead atoms. The molecule has 9 heteroatoms. The van der Waals surface area contributed by atoms with Crippen molar-refractivity contribution in [1.29, 1.82) is 0 Å². The van der Waals surface area contributed by atoms with Crippen molar-refractivity contribution in [3.05, 3.63) is 54.6 Å². The number of oxazole rings is 1. The van der Waals surface area contributed by atoms with Gasteiger partial charge in [0.1, 0.15) is 18.1 Å². The number of amides is 1. The highest BCUT2D eigenvalue weighted by molar-refractivity contribution is 5.88. The standard InChI is InChI=1S/C24H25N5O4/c1-31-21-17(20-25-11-14-32-20)15-26-23(27-21)28-12-9-24(10-13-28)22(30)29-18(7-8-19(29)33-24)16-5-3-2-4-6-16/h2-6,11,14-15,18-19H,7-10,12-13H2,1H3/t18-,19+/m0/s1. The van der Waals surface area contributed by atoms with E-state index in [0.717, 1.165) is 12.8 Å². The van der Waals surface area contributed by atoms with Crippen LogP contribution in [0.2, 0.25) is 0 Å². The Hall–Kier alpha value is -3.46. The second kappa shape index (κ2) is 7.84. The van der Waals surface area contributed by atoms with Crippen molar-refractivity contribution in [2.24, 2.45) is 0 Å². The molecule has 33 heavy (non-hydrogen) atoms. The van der Waals surface area contributed by atoms with Crippen LogP contribution in [0, 0.1) is 0 Å². The largest absolute Gasteiger partial charge is 0.480 e. The first-order valence-corrected chi connectivity index (χ1v) is 11.3. The number of fused-ring (bicyclic) bond motifs is 1. The van der Waals surface area contributed by atoms with Crippen molar-refractivity contribution in [3.8, 4) is 17.3 Å². The number of carbonyl (C=O) groups excluding carboxylic acids is 1. The number of piperidine rings is 1. The quantitative estimate of drug-likeness (QED) is 0.602. The molecular formula is C24H25N5O4. The van der Waals surface area contributed by atoms with Crippen LogP contribution in [-0.4, -0.2) is 57.8 Å². The minimum absolute atomic E-state index is 0.0939. The van der Waals surface area contributed by atoms with Crippen LogP contribution < -0.4 is 9.64 Å². The zero-order valence-electron chi connectivity index (χ0n) is 18.4. The Balaban J connectivity index is 1.18. The molecule has 3 aromatic rings. The fourth-order valence-corrected chi connectivity index (χ4v) is 5.28. The molecule has 3 aliphatic heterocycles. The molecule has 2 aromatic heterocycles. The molecule has 1 amide bonds. The number of anilines is 1. The van der Waals surface area contributed by atoms with Gasteiger partial charge in [-0.15, -0.1) is 0 Å². The van der Waals surface area contributed by atoms with E-state index in [9.17, 15) is 4.79 Å². The monoisotopic (exact) mass is 447 g/mol. The third kappa shape index (κ3) is 3.26. The Labute approximate surface area is 191 Å². The summed E-state index contributed by atoms with van der Waals surface area (Å²) in [7, 11) is 1.56. The van der Waals surface area contributed by atoms with Crippen LogP contribution in [-0.2, 0) is 9.53 Å². The van der Waals surface area contributed by atoms with E-state index in [1.165, 1.54) is 11.8 Å². The van der Waals surface area contributed by atoms with Gasteiger partial charge in [0, 0.05) is 32.1 Å². The topological polar surface area (TPSA) is 93.8 Å². The number of benzene rings is 1. The van der Waals surface area contributed by atoms with Crippen molar-refractivity contribution in [2.75, 3.05) is 25.1 Å². The van der Waals surface area contributed by atoms with Gasteiger partial charge < -0.3 is 23.7 Å². The van der Waals surface area contributed by atoms with Gasteiger partial charge in [0.2, 0.25) is 17.7 Å². The summed E-state index contributed by atoms with van der Waals surface area (Å²) in [4.78, 5) is 30.9. The van der Waals surface area contributed by atoms with Crippen molar-refractivity contribution in [1.82, 2.24) is 19.9 Å². The predicted molar refractivity (Wildman–Crippen MR) is 118 cm³/mol. The number of hydrogen-bond acceptors (Lipinski definition) is 8. The number of methoxy groups -OCH3 is 1. The van der Waals surface area contributed by atoms with Crippen molar-refractivity contribution in [2.45, 2.75) is 43.6 Å². The minimum atomic E-state index is -0.753. The van der Waals surface area contributed by atoms with Gasteiger partial charge in [-0.1, -0.05) is 30.3 Å². The maximum atomic E-state index is 13.6. The van der Waals surface area contributed by atoms with Gasteiger partial charge in [0.05, 0.1) is 19.3 Å². The molecule has 0 aliphatic carbocycles. The SMILES string of the molecule is COc1nc(N2CCC3(CC2)O[C@@H]2CC[C@@H](c4ccccc4)N2C3=O)ncc1-c1ncco1. The first-order chi connectivity index (χ1) is 16.2. The maximum absolute atomic E-state index is 13.6. The first kappa shape index (κ1) is 20.2. The molecule has 1 aromatic carbocycles. The second-order valence-corrected chi connectivity index (χ2v) is 8.70. The molecule has 3 fully saturated rings. The van der Waals surface area contributed by atoms with Crippen LogP contribution in [0.5, 0.6) is 5.88 Å². The molecule has 0 radical (unpaired) electrons. The smallest absolute Gasteiger partial charge is 0.257 e. The molecule has 170 valence electrons. The molecule has 5 heterocycles. The third-order valence-corrected chi connectivity index (χ3v) is 6.95. The van der Waals surface area contributed by atoms with E-state index < -0.39 is 5.60 Å². The molecule has 9 nitrogen and oxygen atoms in total. The molecule has 0 N–H and O–H groups in total. The molecule has 3 saturated heterocycles. The van der Waals surface area contributed by atoms with E-state index in [4.69, 9.17) is 13.9 Å². The maximum Gasteiger partial charge on any atom is 0.257 e. The summed E-state index contributed by atoms with van der Waals surface area (Å²) in [6.07, 6.45) is 7.62. The fourth-order valence-electron chi connectivity index (χ4n) is 5.28. The summed E-state index contributed by atoms with van der Waals surface area (Å²) >= 11 is 0. The van der Waals surface area contributed by atoms with Gasteiger partial charge in [0.25, 0.3) is 5.91 Å². The average Bonchev–Trinajstić information content (AvgIpc) is 3.59. The lowest BCUT2D eigenvalue weighted by molar-refractivity contribution is -0.140. The van der Waals surface area contributed by atoms with E-state index in [-0.39, 0.29) is 18.2 Å². The molecule has 1 spiro atoms. The Morgan fingerprint density at radius 1 is 1.12 bits per heavy atom. The summed E-state index contributed by atoms with van der Waals surface area (Å²) in [5, 5.41) is 0. The number of carbonyl (C=O) groups is 1. The predicted octanol–water partition coefficient (Wildman–Crippen LogP) is 3.20. The molecule has 2 atom stereocenters. The lowest BCUT2D eigenvalue weighted by Gasteiger charge is -2.37. The van der Waals surface area contributed by atoms with Crippen LogP contribution >= 0.6 is 0 Å².